The van der Waals surface area contributed by atoms with Gasteiger partial charge in [-0.1, -0.05) is 115 Å². The molecule has 55 heavy (non-hydrogen) atoms. The zero-order chi connectivity index (χ0) is 36.6. The molecule has 5 nitrogen and oxygen atoms in total. The van der Waals surface area contributed by atoms with Crippen LogP contribution in [0.5, 0.6) is 0 Å². The van der Waals surface area contributed by atoms with E-state index in [1.54, 1.807) is 0 Å². The van der Waals surface area contributed by atoms with Crippen LogP contribution in [0.1, 0.15) is 5.56 Å². The standard InChI is InChI=1S/C50H29N5/c1-52-34-27-28-47-42(30-34)41-21-12-26-48(54-45-24-8-4-18-39(45)40-19-5-9-25-46(40)54)50(41)55(47)49-33(31-51)14-11-20-36(49)32-13-10-15-35(29-32)53-43-22-6-2-16-37(43)38-17-3-7-23-44(38)53/h2-30H. The first-order valence-corrected chi connectivity index (χ1v) is 18.3. The molecule has 0 saturated carbocycles. The third-order valence-corrected chi connectivity index (χ3v) is 11.1. The molecule has 0 radical (unpaired) electrons. The summed E-state index contributed by atoms with van der Waals surface area (Å²) in [5, 5.41) is 17.6. The van der Waals surface area contributed by atoms with Crippen molar-refractivity contribution in [1.82, 2.24) is 13.7 Å². The molecule has 8 aromatic carbocycles. The minimum atomic E-state index is 0.560. The van der Waals surface area contributed by atoms with Crippen molar-refractivity contribution < 1.29 is 0 Å². The number of para-hydroxylation sites is 6. The molecule has 0 N–H and O–H groups in total. The van der Waals surface area contributed by atoms with E-state index in [1.807, 2.05) is 30.3 Å². The number of rotatable bonds is 4. The van der Waals surface area contributed by atoms with Crippen LogP contribution >= 0.6 is 0 Å². The molecule has 0 bridgehead atoms. The second kappa shape index (κ2) is 11.8. The fourth-order valence-corrected chi connectivity index (χ4v) is 8.82. The molecule has 0 atom stereocenters. The van der Waals surface area contributed by atoms with Crippen molar-refractivity contribution in [3.05, 3.63) is 193 Å². The van der Waals surface area contributed by atoms with E-state index in [0.29, 0.717) is 11.3 Å². The highest BCUT2D eigenvalue weighted by molar-refractivity contribution is 6.16. The summed E-state index contributed by atoms with van der Waals surface area (Å²) < 4.78 is 6.93. The van der Waals surface area contributed by atoms with Crippen LogP contribution in [0.3, 0.4) is 0 Å². The van der Waals surface area contributed by atoms with Gasteiger partial charge >= 0.3 is 0 Å². The Morgan fingerprint density at radius 3 is 1.62 bits per heavy atom. The van der Waals surface area contributed by atoms with Gasteiger partial charge in [0.25, 0.3) is 0 Å². The van der Waals surface area contributed by atoms with E-state index in [2.05, 4.69) is 170 Å². The second-order valence-corrected chi connectivity index (χ2v) is 13.9. The van der Waals surface area contributed by atoms with Crippen LogP contribution in [-0.4, -0.2) is 13.7 Å². The Kier molecular flexibility index (Phi) is 6.61. The van der Waals surface area contributed by atoms with Gasteiger partial charge < -0.3 is 13.7 Å². The Balaban J connectivity index is 1.25. The summed E-state index contributed by atoms with van der Waals surface area (Å²) in [7, 11) is 0. The van der Waals surface area contributed by atoms with Crippen molar-refractivity contribution >= 4 is 71.1 Å². The van der Waals surface area contributed by atoms with Crippen molar-refractivity contribution in [3.8, 4) is 34.3 Å². The summed E-state index contributed by atoms with van der Waals surface area (Å²) in [4.78, 5) is 3.82. The third kappa shape index (κ3) is 4.39. The van der Waals surface area contributed by atoms with Crippen molar-refractivity contribution in [2.24, 2.45) is 0 Å². The first-order valence-electron chi connectivity index (χ1n) is 18.3. The number of hydrogen-bond donors (Lipinski definition) is 0. The van der Waals surface area contributed by atoms with E-state index in [0.717, 1.165) is 72.1 Å². The van der Waals surface area contributed by atoms with Gasteiger partial charge in [0.15, 0.2) is 5.69 Å². The summed E-state index contributed by atoms with van der Waals surface area (Å²) in [6, 6.07) is 63.6. The summed E-state index contributed by atoms with van der Waals surface area (Å²) >= 11 is 0. The third-order valence-electron chi connectivity index (χ3n) is 11.1. The van der Waals surface area contributed by atoms with Gasteiger partial charge in [-0.05, 0) is 71.6 Å². The topological polar surface area (TPSA) is 42.9 Å². The van der Waals surface area contributed by atoms with Gasteiger partial charge in [0.1, 0.15) is 6.07 Å². The first-order chi connectivity index (χ1) is 27.2. The summed E-state index contributed by atoms with van der Waals surface area (Å²) in [6.45, 7) is 7.89. The molecule has 0 fully saturated rings. The van der Waals surface area contributed by atoms with Gasteiger partial charge in [0, 0.05) is 38.2 Å². The Bertz CT molecular complexity index is 3360. The number of benzene rings is 8. The largest absolute Gasteiger partial charge is 0.309 e. The lowest BCUT2D eigenvalue weighted by atomic mass is 9.99. The number of nitrogens with zero attached hydrogens (tertiary/aromatic N) is 5. The Hall–Kier alpha value is -7.86. The van der Waals surface area contributed by atoms with Crippen molar-refractivity contribution in [3.63, 3.8) is 0 Å². The lowest BCUT2D eigenvalue weighted by molar-refractivity contribution is 1.12. The fraction of sp³-hybridized carbons (Fsp3) is 0. The van der Waals surface area contributed by atoms with E-state index < -0.39 is 0 Å². The lowest BCUT2D eigenvalue weighted by Crippen LogP contribution is -2.04. The minimum absolute atomic E-state index is 0.560. The molecule has 0 aliphatic heterocycles. The summed E-state index contributed by atoms with van der Waals surface area (Å²) in [6.07, 6.45) is 0. The predicted octanol–water partition coefficient (Wildman–Crippen LogP) is 13.1. The molecule has 11 aromatic rings. The highest BCUT2D eigenvalue weighted by Gasteiger charge is 2.24. The van der Waals surface area contributed by atoms with Crippen molar-refractivity contribution in [2.45, 2.75) is 0 Å². The molecule has 3 heterocycles. The highest BCUT2D eigenvalue weighted by Crippen LogP contribution is 2.43. The Labute approximate surface area is 316 Å². The van der Waals surface area contributed by atoms with Gasteiger partial charge in [0.2, 0.25) is 0 Å². The normalized spacial score (nSPS) is 11.6. The van der Waals surface area contributed by atoms with E-state index in [-0.39, 0.29) is 0 Å². The maximum atomic E-state index is 10.9. The zero-order valence-corrected chi connectivity index (χ0v) is 29.5. The van der Waals surface area contributed by atoms with Crippen LogP contribution in [0.2, 0.25) is 0 Å². The molecule has 3 aromatic heterocycles. The zero-order valence-electron chi connectivity index (χ0n) is 29.5. The molecular formula is C50H29N5. The Morgan fingerprint density at radius 2 is 1.00 bits per heavy atom. The molecule has 0 aliphatic carbocycles. The number of aromatic nitrogens is 3. The molecular weight excluding hydrogens is 671 g/mol. The first kappa shape index (κ1) is 30.7. The maximum Gasteiger partial charge on any atom is 0.188 e. The van der Waals surface area contributed by atoms with Gasteiger partial charge in [-0.3, -0.25) is 0 Å². The summed E-state index contributed by atoms with van der Waals surface area (Å²) in [5.74, 6) is 0. The van der Waals surface area contributed by atoms with Gasteiger partial charge in [0.05, 0.1) is 56.6 Å². The molecule has 0 unspecified atom stereocenters. The summed E-state index contributed by atoms with van der Waals surface area (Å²) in [5.41, 5.74) is 12.3. The van der Waals surface area contributed by atoms with Crippen LogP contribution in [0.25, 0.3) is 98.5 Å². The minimum Gasteiger partial charge on any atom is -0.309 e. The van der Waals surface area contributed by atoms with Gasteiger partial charge in [-0.25, -0.2) is 4.85 Å². The van der Waals surface area contributed by atoms with Gasteiger partial charge in [-0.15, -0.1) is 0 Å². The number of hydrogen-bond acceptors (Lipinski definition) is 1. The van der Waals surface area contributed by atoms with E-state index in [9.17, 15) is 5.26 Å². The number of nitriles is 1. The molecule has 0 saturated heterocycles. The van der Waals surface area contributed by atoms with E-state index >= 15 is 0 Å². The fourth-order valence-electron chi connectivity index (χ4n) is 8.82. The molecule has 0 aliphatic rings. The monoisotopic (exact) mass is 699 g/mol. The highest BCUT2D eigenvalue weighted by atomic mass is 15.1. The second-order valence-electron chi connectivity index (χ2n) is 13.9. The van der Waals surface area contributed by atoms with Crippen molar-refractivity contribution in [2.75, 3.05) is 0 Å². The maximum absolute atomic E-state index is 10.9. The molecule has 5 heteroatoms. The SMILES string of the molecule is [C-]#[N+]c1ccc2c(c1)c1cccc(-n3c4ccccc4c4ccccc43)c1n2-c1c(C#N)cccc1-c1cccc(-n2c3ccccc3c3ccccc32)c1. The lowest BCUT2D eigenvalue weighted by Gasteiger charge is -2.19. The molecule has 11 rings (SSSR count). The molecule has 0 amide bonds. The quantitative estimate of drug-likeness (QED) is 0.169. The van der Waals surface area contributed by atoms with Gasteiger partial charge in [-0.2, -0.15) is 5.26 Å². The number of fused-ring (bicyclic) bond motifs is 9. The van der Waals surface area contributed by atoms with Crippen LogP contribution in [0.15, 0.2) is 176 Å². The molecule has 0 spiro atoms. The van der Waals surface area contributed by atoms with Crippen LogP contribution < -0.4 is 0 Å². The van der Waals surface area contributed by atoms with E-state index in [4.69, 9.17) is 6.57 Å². The van der Waals surface area contributed by atoms with Crippen LogP contribution in [-0.2, 0) is 0 Å². The van der Waals surface area contributed by atoms with Crippen LogP contribution in [0.4, 0.5) is 5.69 Å². The van der Waals surface area contributed by atoms with Crippen molar-refractivity contribution in [1.29, 1.82) is 5.26 Å². The predicted molar refractivity (Wildman–Crippen MR) is 226 cm³/mol. The smallest absolute Gasteiger partial charge is 0.188 e. The average Bonchev–Trinajstić information content (AvgIpc) is 3.89. The van der Waals surface area contributed by atoms with E-state index in [1.165, 1.54) is 21.5 Å². The average molecular weight is 700 g/mol. The Morgan fingerprint density at radius 1 is 0.455 bits per heavy atom. The van der Waals surface area contributed by atoms with Crippen LogP contribution in [0, 0.1) is 17.9 Å². The molecule has 254 valence electrons.